The van der Waals surface area contributed by atoms with Gasteiger partial charge in [0.2, 0.25) is 0 Å². The van der Waals surface area contributed by atoms with Crippen LogP contribution in [0.15, 0.2) is 54.1 Å². The molecule has 2 aliphatic rings. The summed E-state index contributed by atoms with van der Waals surface area (Å²) in [6.45, 7) is 6.87. The van der Waals surface area contributed by atoms with Crippen molar-refractivity contribution in [1.82, 2.24) is 0 Å². The molecule has 0 heterocycles. The Kier molecular flexibility index (Phi) is 7.79. The van der Waals surface area contributed by atoms with E-state index in [9.17, 15) is 9.59 Å². The van der Waals surface area contributed by atoms with Crippen molar-refractivity contribution < 1.29 is 18.8 Å². The van der Waals surface area contributed by atoms with Gasteiger partial charge in [-0.05, 0) is 81.1 Å². The van der Waals surface area contributed by atoms with Crippen LogP contribution in [-0.2, 0) is 24.2 Å². The molecule has 2 aromatic rings. The van der Waals surface area contributed by atoms with Crippen molar-refractivity contribution in [3.63, 3.8) is 0 Å². The number of methoxy groups -OCH3 is 1. The number of anilines is 1. The van der Waals surface area contributed by atoms with Gasteiger partial charge in [-0.1, -0.05) is 53.6 Å². The summed E-state index contributed by atoms with van der Waals surface area (Å²) < 4.78 is 11.4. The third kappa shape index (κ3) is 5.46. The number of carbonyl (C=O) groups is 2. The van der Waals surface area contributed by atoms with Crippen molar-refractivity contribution in [2.45, 2.75) is 62.7 Å². The number of fused-ring (bicyclic) bond motifs is 2. The van der Waals surface area contributed by atoms with E-state index < -0.39 is 13.9 Å². The molecule has 0 amide bonds. The predicted octanol–water partition coefficient (Wildman–Crippen LogP) is 6.63. The smallest absolute Gasteiger partial charge is 0.331 e. The van der Waals surface area contributed by atoms with Gasteiger partial charge in [-0.25, -0.2) is 4.79 Å². The topological polar surface area (TPSA) is 64.6 Å². The number of carbonyl (C=O) groups excluding carboxylic acids is 2. The second-order valence-corrected chi connectivity index (χ2v) is 16.0. The average Bonchev–Trinajstić information content (AvgIpc) is 3.15. The molecular formula is C29H36ClNO4Si. The molecule has 4 rings (SSSR count). The number of aldehydes is 1. The number of halogens is 1. The minimum Gasteiger partial charge on any atom is -0.467 e. The first-order valence-electron chi connectivity index (χ1n) is 12.6. The van der Waals surface area contributed by atoms with Crippen LogP contribution >= 0.6 is 11.6 Å². The molecule has 5 nitrogen and oxygen atoms in total. The van der Waals surface area contributed by atoms with Crippen molar-refractivity contribution in [2.75, 3.05) is 19.0 Å². The highest BCUT2D eigenvalue weighted by molar-refractivity contribution is 6.69. The molecule has 0 bridgehead atoms. The van der Waals surface area contributed by atoms with E-state index in [1.165, 1.54) is 23.8 Å². The Balaban J connectivity index is 1.62. The quantitative estimate of drug-likeness (QED) is 0.226. The fourth-order valence-corrected chi connectivity index (χ4v) is 6.61. The Labute approximate surface area is 220 Å². The highest BCUT2D eigenvalue weighted by atomic mass is 35.5. The lowest BCUT2D eigenvalue weighted by Crippen LogP contribution is -2.52. The van der Waals surface area contributed by atoms with E-state index in [4.69, 9.17) is 20.8 Å². The van der Waals surface area contributed by atoms with Crippen LogP contribution in [0, 0.1) is 5.92 Å². The third-order valence-corrected chi connectivity index (χ3v) is 8.84. The van der Waals surface area contributed by atoms with Crippen molar-refractivity contribution in [3.05, 3.63) is 70.3 Å². The molecule has 7 heteroatoms. The third-order valence-electron chi connectivity index (χ3n) is 7.57. The summed E-state index contributed by atoms with van der Waals surface area (Å²) in [5.41, 5.74) is 3.52. The van der Waals surface area contributed by atoms with Crippen LogP contribution in [0.4, 0.5) is 5.69 Å². The zero-order valence-electron chi connectivity index (χ0n) is 21.6. The van der Waals surface area contributed by atoms with E-state index in [0.29, 0.717) is 30.9 Å². The summed E-state index contributed by atoms with van der Waals surface area (Å²) in [5.74, 6) is -0.450. The van der Waals surface area contributed by atoms with Crippen molar-refractivity contribution in [3.8, 4) is 0 Å². The van der Waals surface area contributed by atoms with E-state index >= 15 is 0 Å². The summed E-state index contributed by atoms with van der Waals surface area (Å²) in [5, 5.41) is 4.08. The Bertz CT molecular complexity index is 1150. The minimum absolute atomic E-state index is 0.189. The number of nitrogens with one attached hydrogen (secondary N) is 1. The van der Waals surface area contributed by atoms with Crippen LogP contribution in [0.1, 0.15) is 43.2 Å². The summed E-state index contributed by atoms with van der Waals surface area (Å²) in [6.07, 6.45) is 6.73. The molecule has 1 fully saturated rings. The van der Waals surface area contributed by atoms with Gasteiger partial charge in [0.15, 0.2) is 8.32 Å². The van der Waals surface area contributed by atoms with Crippen molar-refractivity contribution in [1.29, 1.82) is 0 Å². The maximum absolute atomic E-state index is 13.1. The molecule has 2 aliphatic carbocycles. The fourth-order valence-electron chi connectivity index (χ4n) is 5.71. The SMILES string of the molecule is COC(=O)C1(Nc2cccc(Cl)c2)CCC2(CC1)C(CC(C=O)CO[Si](C)(C)C)=Cc1ccccc12. The molecule has 192 valence electrons. The first kappa shape index (κ1) is 26.6. The normalized spacial score (nSPS) is 24.1. The van der Waals surface area contributed by atoms with E-state index in [1.807, 2.05) is 24.3 Å². The Morgan fingerprint density at radius 2 is 1.83 bits per heavy atom. The number of esters is 1. The average molecular weight is 526 g/mol. The van der Waals surface area contributed by atoms with Gasteiger partial charge in [0.05, 0.1) is 7.11 Å². The lowest BCUT2D eigenvalue weighted by Gasteiger charge is -2.46. The largest absolute Gasteiger partial charge is 0.467 e. The molecule has 0 aromatic heterocycles. The maximum atomic E-state index is 13.1. The molecule has 1 unspecified atom stereocenters. The first-order valence-corrected chi connectivity index (χ1v) is 16.4. The van der Waals surface area contributed by atoms with Crippen LogP contribution < -0.4 is 5.32 Å². The number of allylic oxidation sites excluding steroid dienone is 1. The van der Waals surface area contributed by atoms with Crippen LogP contribution in [0.5, 0.6) is 0 Å². The highest BCUT2D eigenvalue weighted by Crippen LogP contribution is 2.55. The van der Waals surface area contributed by atoms with E-state index in [0.717, 1.165) is 24.8 Å². The van der Waals surface area contributed by atoms with Gasteiger partial charge in [-0.3, -0.25) is 0 Å². The van der Waals surface area contributed by atoms with E-state index in [2.05, 4.69) is 55.3 Å². The van der Waals surface area contributed by atoms with Gasteiger partial charge in [0.25, 0.3) is 0 Å². The molecular weight excluding hydrogens is 490 g/mol. The molecule has 0 radical (unpaired) electrons. The molecule has 1 saturated carbocycles. The Morgan fingerprint density at radius 3 is 2.47 bits per heavy atom. The highest BCUT2D eigenvalue weighted by Gasteiger charge is 2.52. The van der Waals surface area contributed by atoms with Crippen LogP contribution in [0.2, 0.25) is 24.7 Å². The van der Waals surface area contributed by atoms with Crippen LogP contribution in [0.3, 0.4) is 0 Å². The van der Waals surface area contributed by atoms with Crippen LogP contribution in [0.25, 0.3) is 6.08 Å². The predicted molar refractivity (Wildman–Crippen MR) is 148 cm³/mol. The van der Waals surface area contributed by atoms with Gasteiger partial charge in [-0.15, -0.1) is 0 Å². The van der Waals surface area contributed by atoms with Crippen LogP contribution in [-0.4, -0.2) is 39.8 Å². The molecule has 0 saturated heterocycles. The maximum Gasteiger partial charge on any atom is 0.331 e. The summed E-state index contributed by atoms with van der Waals surface area (Å²) >= 11 is 6.21. The molecule has 0 aliphatic heterocycles. The van der Waals surface area contributed by atoms with Gasteiger partial charge >= 0.3 is 5.97 Å². The summed E-state index contributed by atoms with van der Waals surface area (Å²) in [4.78, 5) is 25.2. The number of rotatable bonds is 9. The number of hydrogen-bond donors (Lipinski definition) is 1. The second-order valence-electron chi connectivity index (χ2n) is 11.1. The van der Waals surface area contributed by atoms with Gasteiger partial charge in [0, 0.05) is 28.6 Å². The molecule has 1 spiro atoms. The van der Waals surface area contributed by atoms with Crippen molar-refractivity contribution >= 4 is 43.9 Å². The second kappa shape index (κ2) is 10.5. The van der Waals surface area contributed by atoms with Crippen molar-refractivity contribution in [2.24, 2.45) is 5.92 Å². The minimum atomic E-state index is -1.73. The standard InChI is InChI=1S/C29H36ClNO4Si/c1-34-27(33)29(31-25-10-7-9-24(30)18-25)14-12-28(13-15-29)23(17-22-8-5-6-11-26(22)28)16-21(19-32)20-35-36(2,3)4/h5-11,17-19,21,31H,12-16,20H2,1-4H3. The number of hydrogen-bond acceptors (Lipinski definition) is 5. The lowest BCUT2D eigenvalue weighted by molar-refractivity contribution is -0.147. The van der Waals surface area contributed by atoms with Gasteiger partial charge in [-0.2, -0.15) is 0 Å². The molecule has 1 N–H and O–H groups in total. The summed E-state index contributed by atoms with van der Waals surface area (Å²) in [7, 11) is -0.286. The zero-order chi connectivity index (χ0) is 26.0. The molecule has 36 heavy (non-hydrogen) atoms. The first-order chi connectivity index (χ1) is 17.1. The van der Waals surface area contributed by atoms with E-state index in [-0.39, 0.29) is 17.3 Å². The molecule has 2 aromatic carbocycles. The monoisotopic (exact) mass is 525 g/mol. The Hall–Kier alpha value is -2.41. The number of ether oxygens (including phenoxy) is 1. The van der Waals surface area contributed by atoms with Gasteiger partial charge in [0.1, 0.15) is 11.8 Å². The lowest BCUT2D eigenvalue weighted by atomic mass is 9.61. The Morgan fingerprint density at radius 1 is 1.11 bits per heavy atom. The zero-order valence-corrected chi connectivity index (χ0v) is 23.4. The summed E-state index contributed by atoms with van der Waals surface area (Å²) in [6, 6.07) is 15.9. The molecule has 1 atom stereocenters. The number of benzene rings is 2. The fraction of sp³-hybridized carbons (Fsp3) is 0.448. The van der Waals surface area contributed by atoms with Gasteiger partial charge < -0.3 is 19.3 Å². The van der Waals surface area contributed by atoms with E-state index in [1.54, 1.807) is 0 Å².